The smallest absolute Gasteiger partial charge is 0.333 e. The molecule has 1 heterocycles. The third-order valence-corrected chi connectivity index (χ3v) is 2.58. The molecule has 104 valence electrons. The van der Waals surface area contributed by atoms with E-state index in [1.165, 1.54) is 6.20 Å². The molecular formula is C12H14ClF2N3O. The monoisotopic (exact) mass is 289 g/mol. The number of phenolic OH excluding ortho intramolecular Hbond substituents is 1. The first-order valence-electron chi connectivity index (χ1n) is 5.42. The molecule has 0 aliphatic rings. The summed E-state index contributed by atoms with van der Waals surface area (Å²) in [4.78, 5) is 0. The minimum absolute atomic E-state index is 0. The second kappa shape index (κ2) is 6.38. The van der Waals surface area contributed by atoms with Crippen LogP contribution in [0.1, 0.15) is 17.8 Å². The SMILES string of the molecule is Cc1nn(C(F)F)cc1NCc1ccccc1O.Cl. The molecule has 0 radical (unpaired) electrons. The number of aromatic hydroxyl groups is 1. The van der Waals surface area contributed by atoms with Crippen LogP contribution in [0.15, 0.2) is 30.5 Å². The second-order valence-corrected chi connectivity index (χ2v) is 3.87. The minimum Gasteiger partial charge on any atom is -0.508 e. The van der Waals surface area contributed by atoms with Gasteiger partial charge in [0.1, 0.15) is 5.75 Å². The summed E-state index contributed by atoms with van der Waals surface area (Å²) in [6.45, 7) is -0.654. The van der Waals surface area contributed by atoms with E-state index in [1.54, 1.807) is 31.2 Å². The van der Waals surface area contributed by atoms with Crippen LogP contribution in [0.3, 0.4) is 0 Å². The quantitative estimate of drug-likeness (QED) is 0.908. The lowest BCUT2D eigenvalue weighted by Gasteiger charge is -2.06. The lowest BCUT2D eigenvalue weighted by atomic mass is 10.2. The molecule has 0 aliphatic carbocycles. The van der Waals surface area contributed by atoms with Gasteiger partial charge in [-0.05, 0) is 13.0 Å². The molecule has 0 spiro atoms. The van der Waals surface area contributed by atoms with E-state index in [0.29, 0.717) is 28.2 Å². The van der Waals surface area contributed by atoms with Crippen molar-refractivity contribution < 1.29 is 13.9 Å². The maximum Gasteiger partial charge on any atom is 0.333 e. The average Bonchev–Trinajstić information content (AvgIpc) is 2.70. The van der Waals surface area contributed by atoms with E-state index in [0.717, 1.165) is 0 Å². The summed E-state index contributed by atoms with van der Waals surface area (Å²) in [5, 5.41) is 16.2. The van der Waals surface area contributed by atoms with E-state index in [-0.39, 0.29) is 18.2 Å². The maximum atomic E-state index is 12.4. The topological polar surface area (TPSA) is 50.1 Å². The summed E-state index contributed by atoms with van der Waals surface area (Å²) in [5.74, 6) is 0.170. The average molecular weight is 290 g/mol. The van der Waals surface area contributed by atoms with Crippen LogP contribution in [0.2, 0.25) is 0 Å². The van der Waals surface area contributed by atoms with Gasteiger partial charge >= 0.3 is 6.55 Å². The van der Waals surface area contributed by atoms with E-state index in [1.807, 2.05) is 0 Å². The number of halogens is 3. The molecule has 0 aliphatic heterocycles. The molecule has 2 aromatic rings. The Morgan fingerprint density at radius 3 is 2.63 bits per heavy atom. The van der Waals surface area contributed by atoms with Gasteiger partial charge in [0.15, 0.2) is 0 Å². The molecule has 1 aromatic heterocycles. The van der Waals surface area contributed by atoms with Crippen molar-refractivity contribution >= 4 is 18.1 Å². The number of aryl methyl sites for hydroxylation is 1. The van der Waals surface area contributed by atoms with Crippen LogP contribution in [0.4, 0.5) is 14.5 Å². The number of nitrogens with one attached hydrogen (secondary N) is 1. The largest absolute Gasteiger partial charge is 0.508 e. The number of phenols is 1. The first kappa shape index (κ1) is 15.2. The molecule has 0 saturated heterocycles. The summed E-state index contributed by atoms with van der Waals surface area (Å²) in [7, 11) is 0. The van der Waals surface area contributed by atoms with Crippen LogP contribution >= 0.6 is 12.4 Å². The first-order chi connectivity index (χ1) is 8.58. The molecule has 0 atom stereocenters. The molecule has 4 nitrogen and oxygen atoms in total. The lowest BCUT2D eigenvalue weighted by molar-refractivity contribution is 0.0563. The number of anilines is 1. The number of aromatic nitrogens is 2. The molecule has 19 heavy (non-hydrogen) atoms. The van der Waals surface area contributed by atoms with Gasteiger partial charge in [-0.3, -0.25) is 0 Å². The number of rotatable bonds is 4. The van der Waals surface area contributed by atoms with Crippen molar-refractivity contribution in [1.29, 1.82) is 0 Å². The fourth-order valence-electron chi connectivity index (χ4n) is 1.61. The van der Waals surface area contributed by atoms with Gasteiger partial charge in [0.25, 0.3) is 0 Å². The van der Waals surface area contributed by atoms with E-state index in [9.17, 15) is 13.9 Å². The van der Waals surface area contributed by atoms with Crippen molar-refractivity contribution in [2.75, 3.05) is 5.32 Å². The van der Waals surface area contributed by atoms with Gasteiger partial charge in [0.2, 0.25) is 0 Å². The zero-order valence-electron chi connectivity index (χ0n) is 10.2. The predicted octanol–water partition coefficient (Wildman–Crippen LogP) is 3.33. The lowest BCUT2D eigenvalue weighted by Crippen LogP contribution is -2.00. The molecule has 7 heteroatoms. The normalized spacial score (nSPS) is 10.3. The fourth-order valence-corrected chi connectivity index (χ4v) is 1.61. The zero-order chi connectivity index (χ0) is 13.1. The fraction of sp³-hybridized carbons (Fsp3) is 0.250. The number of para-hydroxylation sites is 1. The highest BCUT2D eigenvalue weighted by Crippen LogP contribution is 2.21. The van der Waals surface area contributed by atoms with E-state index < -0.39 is 6.55 Å². The molecule has 0 unspecified atom stereocenters. The highest BCUT2D eigenvalue weighted by Gasteiger charge is 2.11. The van der Waals surface area contributed by atoms with Crippen LogP contribution in [0, 0.1) is 6.92 Å². The van der Waals surface area contributed by atoms with Gasteiger partial charge in [-0.2, -0.15) is 13.9 Å². The Morgan fingerprint density at radius 1 is 1.37 bits per heavy atom. The maximum absolute atomic E-state index is 12.4. The number of nitrogens with zero attached hydrogens (tertiary/aromatic N) is 2. The van der Waals surface area contributed by atoms with Gasteiger partial charge in [-0.15, -0.1) is 12.4 Å². The highest BCUT2D eigenvalue weighted by atomic mass is 35.5. The Morgan fingerprint density at radius 2 is 2.05 bits per heavy atom. The van der Waals surface area contributed by atoms with Crippen LogP contribution in [-0.4, -0.2) is 14.9 Å². The summed E-state index contributed by atoms with van der Waals surface area (Å²) in [5.41, 5.74) is 1.71. The predicted molar refractivity (Wildman–Crippen MR) is 70.9 cm³/mol. The van der Waals surface area contributed by atoms with Gasteiger partial charge < -0.3 is 10.4 Å². The molecule has 0 amide bonds. The minimum atomic E-state index is -2.65. The van der Waals surface area contributed by atoms with Gasteiger partial charge in [0.05, 0.1) is 17.6 Å². The van der Waals surface area contributed by atoms with E-state index in [4.69, 9.17) is 0 Å². The first-order valence-corrected chi connectivity index (χ1v) is 5.42. The Bertz CT molecular complexity index is 546. The van der Waals surface area contributed by atoms with E-state index in [2.05, 4.69) is 10.4 Å². The van der Waals surface area contributed by atoms with Crippen molar-refractivity contribution in [3.8, 4) is 5.75 Å². The Balaban J connectivity index is 0.00000180. The Hall–Kier alpha value is -1.82. The van der Waals surface area contributed by atoms with Gasteiger partial charge in [0, 0.05) is 12.1 Å². The molecule has 2 N–H and O–H groups in total. The van der Waals surface area contributed by atoms with Crippen LogP contribution in [0.25, 0.3) is 0 Å². The Labute approximate surface area is 115 Å². The summed E-state index contributed by atoms with van der Waals surface area (Å²) < 4.78 is 25.4. The Kier molecular flexibility index (Phi) is 5.11. The van der Waals surface area contributed by atoms with Crippen LogP contribution in [-0.2, 0) is 6.54 Å². The highest BCUT2D eigenvalue weighted by molar-refractivity contribution is 5.85. The van der Waals surface area contributed by atoms with Crippen molar-refractivity contribution in [1.82, 2.24) is 9.78 Å². The van der Waals surface area contributed by atoms with Crippen LogP contribution < -0.4 is 5.32 Å². The van der Waals surface area contributed by atoms with Crippen molar-refractivity contribution in [2.24, 2.45) is 0 Å². The summed E-state index contributed by atoms with van der Waals surface area (Å²) in [6.07, 6.45) is 1.25. The number of alkyl halides is 2. The number of hydrogen-bond acceptors (Lipinski definition) is 3. The van der Waals surface area contributed by atoms with Crippen LogP contribution in [0.5, 0.6) is 5.75 Å². The molecule has 0 fully saturated rings. The van der Waals surface area contributed by atoms with Crippen molar-refractivity contribution in [2.45, 2.75) is 20.0 Å². The molecule has 0 bridgehead atoms. The van der Waals surface area contributed by atoms with Gasteiger partial charge in [-0.25, -0.2) is 4.68 Å². The van der Waals surface area contributed by atoms with Crippen molar-refractivity contribution in [3.05, 3.63) is 41.7 Å². The van der Waals surface area contributed by atoms with Gasteiger partial charge in [-0.1, -0.05) is 18.2 Å². The summed E-state index contributed by atoms with van der Waals surface area (Å²) in [6, 6.07) is 6.85. The summed E-state index contributed by atoms with van der Waals surface area (Å²) >= 11 is 0. The second-order valence-electron chi connectivity index (χ2n) is 3.87. The number of benzene rings is 1. The molecule has 1 aromatic carbocycles. The number of hydrogen-bond donors (Lipinski definition) is 2. The standard InChI is InChI=1S/C12H13F2N3O.ClH/c1-8-10(7-17(16-8)12(13)14)15-6-9-4-2-3-5-11(9)18;/h2-5,7,12,15,18H,6H2,1H3;1H. The molecule has 2 rings (SSSR count). The molecular weight excluding hydrogens is 276 g/mol. The zero-order valence-corrected chi connectivity index (χ0v) is 11.0. The third kappa shape index (κ3) is 3.57. The third-order valence-electron chi connectivity index (χ3n) is 2.58. The van der Waals surface area contributed by atoms with E-state index >= 15 is 0 Å². The van der Waals surface area contributed by atoms with Crippen molar-refractivity contribution in [3.63, 3.8) is 0 Å². The molecule has 0 saturated carbocycles.